The molecule has 3 nitrogen and oxygen atoms in total. The van der Waals surface area contributed by atoms with Crippen LogP contribution in [0.25, 0.3) is 10.9 Å². The van der Waals surface area contributed by atoms with E-state index in [2.05, 4.69) is 35.4 Å². The van der Waals surface area contributed by atoms with Crippen LogP contribution in [0.3, 0.4) is 0 Å². The zero-order chi connectivity index (χ0) is 19.0. The third kappa shape index (κ3) is 3.85. The molecule has 1 heterocycles. The van der Waals surface area contributed by atoms with E-state index in [9.17, 15) is 4.79 Å². The van der Waals surface area contributed by atoms with Crippen molar-refractivity contribution >= 4 is 40.0 Å². The summed E-state index contributed by atoms with van der Waals surface area (Å²) in [6, 6.07) is 12.3. The molecule has 1 atom stereocenters. The summed E-state index contributed by atoms with van der Waals surface area (Å²) in [6.07, 6.45) is 5.53. The van der Waals surface area contributed by atoms with Crippen LogP contribution in [-0.4, -0.2) is 16.9 Å². The lowest BCUT2D eigenvalue weighted by molar-refractivity contribution is -0.121. The molecular weight excluding hydrogens is 379 g/mol. The standard InChI is InChI=1S/C22H22Cl2N2O/c1-2-13-4-3-5-16-18(12-25-22(13)16)17(11-21(27)26-15-7-8-15)14-6-9-19(23)20(24)10-14/h3-6,9-10,12,15,17,25H,2,7-8,11H2,1H3,(H,26,27)/t17-/m1/s1. The van der Waals surface area contributed by atoms with E-state index in [4.69, 9.17) is 23.2 Å². The van der Waals surface area contributed by atoms with Crippen LogP contribution in [0.2, 0.25) is 10.0 Å². The number of carbonyl (C=O) groups is 1. The van der Waals surface area contributed by atoms with Crippen LogP contribution in [0.4, 0.5) is 0 Å². The molecule has 0 bridgehead atoms. The van der Waals surface area contributed by atoms with Crippen molar-refractivity contribution in [3.05, 3.63) is 69.3 Å². The summed E-state index contributed by atoms with van der Waals surface area (Å²) in [5, 5.41) is 5.29. The summed E-state index contributed by atoms with van der Waals surface area (Å²) in [5.74, 6) is -0.00561. The number of benzene rings is 2. The maximum Gasteiger partial charge on any atom is 0.221 e. The predicted octanol–water partition coefficient (Wildman–Crippen LogP) is 5.84. The molecule has 5 heteroatoms. The second kappa shape index (κ2) is 7.57. The molecule has 1 aliphatic rings. The Morgan fingerprint density at radius 3 is 2.74 bits per heavy atom. The van der Waals surface area contributed by atoms with Crippen LogP contribution < -0.4 is 5.32 Å². The maximum absolute atomic E-state index is 12.6. The maximum atomic E-state index is 12.6. The lowest BCUT2D eigenvalue weighted by atomic mass is 9.87. The second-order valence-electron chi connectivity index (χ2n) is 7.21. The number of para-hydroxylation sites is 1. The highest BCUT2D eigenvalue weighted by Gasteiger charge is 2.27. The molecule has 0 spiro atoms. The number of aryl methyl sites for hydroxylation is 1. The van der Waals surface area contributed by atoms with E-state index >= 15 is 0 Å². The van der Waals surface area contributed by atoms with Crippen LogP contribution in [0.5, 0.6) is 0 Å². The monoisotopic (exact) mass is 400 g/mol. The first kappa shape index (κ1) is 18.4. The number of halogens is 2. The number of rotatable bonds is 6. The third-order valence-electron chi connectivity index (χ3n) is 5.27. The molecule has 27 heavy (non-hydrogen) atoms. The van der Waals surface area contributed by atoms with Gasteiger partial charge < -0.3 is 10.3 Å². The number of aromatic nitrogens is 1. The van der Waals surface area contributed by atoms with Crippen molar-refractivity contribution in [3.8, 4) is 0 Å². The zero-order valence-corrected chi connectivity index (χ0v) is 16.7. The number of nitrogens with one attached hydrogen (secondary N) is 2. The van der Waals surface area contributed by atoms with E-state index < -0.39 is 0 Å². The highest BCUT2D eigenvalue weighted by Crippen LogP contribution is 2.37. The Morgan fingerprint density at radius 2 is 2.04 bits per heavy atom. The van der Waals surface area contributed by atoms with Gasteiger partial charge >= 0.3 is 0 Å². The van der Waals surface area contributed by atoms with Gasteiger partial charge in [-0.15, -0.1) is 0 Å². The first-order valence-corrected chi connectivity index (χ1v) is 10.2. The van der Waals surface area contributed by atoms with Crippen molar-refractivity contribution in [2.75, 3.05) is 0 Å². The number of carbonyl (C=O) groups excluding carboxylic acids is 1. The van der Waals surface area contributed by atoms with Gasteiger partial charge in [0.15, 0.2) is 0 Å². The summed E-state index contributed by atoms with van der Waals surface area (Å²) in [4.78, 5) is 16.0. The van der Waals surface area contributed by atoms with E-state index in [1.165, 1.54) is 5.56 Å². The van der Waals surface area contributed by atoms with Gasteiger partial charge in [-0.05, 0) is 48.1 Å². The van der Waals surface area contributed by atoms with Gasteiger partial charge in [-0.3, -0.25) is 4.79 Å². The highest BCUT2D eigenvalue weighted by molar-refractivity contribution is 6.42. The van der Waals surface area contributed by atoms with Gasteiger partial charge in [0, 0.05) is 35.5 Å². The molecule has 1 saturated carbocycles. The van der Waals surface area contributed by atoms with Crippen LogP contribution in [0.15, 0.2) is 42.6 Å². The summed E-state index contributed by atoms with van der Waals surface area (Å²) in [7, 11) is 0. The Kier molecular flexibility index (Phi) is 5.16. The fraction of sp³-hybridized carbons (Fsp3) is 0.318. The number of fused-ring (bicyclic) bond motifs is 1. The number of hydrogen-bond donors (Lipinski definition) is 2. The number of H-pyrrole nitrogens is 1. The second-order valence-corrected chi connectivity index (χ2v) is 8.02. The SMILES string of the molecule is CCc1cccc2c([C@H](CC(=O)NC3CC3)c3ccc(Cl)c(Cl)c3)c[nH]c12. The summed E-state index contributed by atoms with van der Waals surface area (Å²) < 4.78 is 0. The smallest absolute Gasteiger partial charge is 0.221 e. The van der Waals surface area contributed by atoms with E-state index in [-0.39, 0.29) is 11.8 Å². The topological polar surface area (TPSA) is 44.9 Å². The Hall–Kier alpha value is -1.97. The molecular formula is C22H22Cl2N2O. The largest absolute Gasteiger partial charge is 0.361 e. The molecule has 1 aromatic heterocycles. The molecule has 4 rings (SSSR count). The van der Waals surface area contributed by atoms with Crippen molar-refractivity contribution in [2.24, 2.45) is 0 Å². The Labute approximate surface area is 169 Å². The normalized spacial score (nSPS) is 15.1. The van der Waals surface area contributed by atoms with Gasteiger partial charge in [0.05, 0.1) is 10.0 Å². The lowest BCUT2D eigenvalue weighted by Crippen LogP contribution is -2.27. The summed E-state index contributed by atoms with van der Waals surface area (Å²) in [6.45, 7) is 2.15. The minimum absolute atomic E-state index is 0.0783. The number of aromatic amines is 1. The fourth-order valence-corrected chi connectivity index (χ4v) is 3.96. The fourth-order valence-electron chi connectivity index (χ4n) is 3.66. The van der Waals surface area contributed by atoms with Gasteiger partial charge in [-0.25, -0.2) is 0 Å². The Balaban J connectivity index is 1.77. The van der Waals surface area contributed by atoms with E-state index in [1.807, 2.05) is 18.3 Å². The molecule has 0 saturated heterocycles. The molecule has 2 aromatic carbocycles. The molecule has 2 N–H and O–H groups in total. The molecule has 1 amide bonds. The Bertz CT molecular complexity index is 991. The van der Waals surface area contributed by atoms with Gasteiger partial charge in [-0.2, -0.15) is 0 Å². The van der Waals surface area contributed by atoms with E-state index in [0.717, 1.165) is 41.3 Å². The molecule has 0 radical (unpaired) electrons. The first-order valence-electron chi connectivity index (χ1n) is 9.40. The van der Waals surface area contributed by atoms with E-state index in [1.54, 1.807) is 6.07 Å². The molecule has 1 aliphatic carbocycles. The molecule has 140 valence electrons. The van der Waals surface area contributed by atoms with Crippen molar-refractivity contribution in [1.29, 1.82) is 0 Å². The summed E-state index contributed by atoms with van der Waals surface area (Å²) >= 11 is 12.4. The molecule has 1 fully saturated rings. The van der Waals surface area contributed by atoms with Crippen LogP contribution in [-0.2, 0) is 11.2 Å². The van der Waals surface area contributed by atoms with Crippen molar-refractivity contribution in [2.45, 2.75) is 44.6 Å². The number of hydrogen-bond acceptors (Lipinski definition) is 1. The van der Waals surface area contributed by atoms with Gasteiger partial charge in [0.2, 0.25) is 5.91 Å². The van der Waals surface area contributed by atoms with Crippen LogP contribution in [0.1, 0.15) is 48.8 Å². The first-order chi connectivity index (χ1) is 13.1. The lowest BCUT2D eigenvalue weighted by Gasteiger charge is -2.18. The van der Waals surface area contributed by atoms with Gasteiger partial charge in [0.25, 0.3) is 0 Å². The zero-order valence-electron chi connectivity index (χ0n) is 15.2. The number of amides is 1. The summed E-state index contributed by atoms with van der Waals surface area (Å²) in [5.41, 5.74) is 4.53. The van der Waals surface area contributed by atoms with Gasteiger partial charge in [0.1, 0.15) is 0 Å². The van der Waals surface area contributed by atoms with Crippen LogP contribution in [0, 0.1) is 0 Å². The van der Waals surface area contributed by atoms with Crippen molar-refractivity contribution in [1.82, 2.24) is 10.3 Å². The average molecular weight is 401 g/mol. The predicted molar refractivity (Wildman–Crippen MR) is 112 cm³/mol. The quantitative estimate of drug-likeness (QED) is 0.536. The minimum atomic E-state index is -0.0839. The van der Waals surface area contributed by atoms with Crippen molar-refractivity contribution < 1.29 is 4.79 Å². The Morgan fingerprint density at radius 1 is 1.22 bits per heavy atom. The average Bonchev–Trinajstić information content (AvgIpc) is 3.37. The van der Waals surface area contributed by atoms with Gasteiger partial charge in [-0.1, -0.05) is 54.4 Å². The van der Waals surface area contributed by atoms with E-state index in [0.29, 0.717) is 22.5 Å². The molecule has 0 aliphatic heterocycles. The van der Waals surface area contributed by atoms with Crippen LogP contribution >= 0.6 is 23.2 Å². The molecule has 3 aromatic rings. The minimum Gasteiger partial charge on any atom is -0.361 e. The highest BCUT2D eigenvalue weighted by atomic mass is 35.5. The third-order valence-corrected chi connectivity index (χ3v) is 6.01. The molecule has 0 unspecified atom stereocenters. The van der Waals surface area contributed by atoms with Crippen molar-refractivity contribution in [3.63, 3.8) is 0 Å².